The van der Waals surface area contributed by atoms with Crippen molar-refractivity contribution in [2.24, 2.45) is 7.05 Å². The third-order valence-electron chi connectivity index (χ3n) is 4.66. The standard InChI is InChI=1S/C19H18FN5O2/c1-23-15-12-21-16(8-7-13-5-4-6-14(20)11-13)22-17(15)25(18(23)26)19(27)24-9-2-3-10-24/h4-8,11-12H,2-3,9-10H2,1H3/b8-7+. The second-order valence-corrected chi connectivity index (χ2v) is 6.48. The molecule has 7 nitrogen and oxygen atoms in total. The SMILES string of the molecule is Cn1c(=O)n(C(=O)N2CCCC2)c2nc(/C=C/c3cccc(F)c3)ncc21. The highest BCUT2D eigenvalue weighted by molar-refractivity contribution is 5.87. The second-order valence-electron chi connectivity index (χ2n) is 6.48. The smallest absolute Gasteiger partial charge is 0.324 e. The normalized spacial score (nSPS) is 14.5. The summed E-state index contributed by atoms with van der Waals surface area (Å²) in [6.45, 7) is 1.28. The predicted molar refractivity (Wildman–Crippen MR) is 99.7 cm³/mol. The van der Waals surface area contributed by atoms with Crippen LogP contribution in [0.4, 0.5) is 9.18 Å². The highest BCUT2D eigenvalue weighted by Crippen LogP contribution is 2.15. The molecule has 0 bridgehead atoms. The van der Waals surface area contributed by atoms with Gasteiger partial charge in [0.25, 0.3) is 0 Å². The lowest BCUT2D eigenvalue weighted by molar-refractivity contribution is 0.210. The van der Waals surface area contributed by atoms with Crippen LogP contribution in [0.1, 0.15) is 24.2 Å². The molecule has 3 aromatic rings. The van der Waals surface area contributed by atoms with Gasteiger partial charge in [-0.1, -0.05) is 18.2 Å². The number of aromatic nitrogens is 4. The highest BCUT2D eigenvalue weighted by Gasteiger charge is 2.25. The third-order valence-corrected chi connectivity index (χ3v) is 4.66. The predicted octanol–water partition coefficient (Wildman–Crippen LogP) is 2.50. The lowest BCUT2D eigenvalue weighted by Crippen LogP contribution is -2.38. The van der Waals surface area contributed by atoms with Crippen LogP contribution in [0.5, 0.6) is 0 Å². The monoisotopic (exact) mass is 367 g/mol. The summed E-state index contributed by atoms with van der Waals surface area (Å²) >= 11 is 0. The van der Waals surface area contributed by atoms with Crippen molar-refractivity contribution in [3.8, 4) is 0 Å². The highest BCUT2D eigenvalue weighted by atomic mass is 19.1. The Labute approximate surface area is 154 Å². The van der Waals surface area contributed by atoms with E-state index in [1.165, 1.54) is 22.9 Å². The Morgan fingerprint density at radius 2 is 2.00 bits per heavy atom. The van der Waals surface area contributed by atoms with E-state index in [4.69, 9.17) is 0 Å². The molecule has 1 aliphatic rings. The van der Waals surface area contributed by atoms with Crippen molar-refractivity contribution in [3.63, 3.8) is 0 Å². The molecule has 0 unspecified atom stereocenters. The fourth-order valence-electron chi connectivity index (χ4n) is 3.21. The Kier molecular flexibility index (Phi) is 4.31. The summed E-state index contributed by atoms with van der Waals surface area (Å²) in [7, 11) is 1.59. The third kappa shape index (κ3) is 3.14. The average molecular weight is 367 g/mol. The van der Waals surface area contributed by atoms with E-state index >= 15 is 0 Å². The first kappa shape index (κ1) is 17.1. The Morgan fingerprint density at radius 3 is 2.74 bits per heavy atom. The van der Waals surface area contributed by atoms with Gasteiger partial charge in [-0.2, -0.15) is 4.57 Å². The van der Waals surface area contributed by atoms with Gasteiger partial charge in [0.15, 0.2) is 11.5 Å². The molecule has 27 heavy (non-hydrogen) atoms. The maximum atomic E-state index is 13.3. The zero-order chi connectivity index (χ0) is 19.0. The van der Waals surface area contributed by atoms with Gasteiger partial charge in [0.05, 0.1) is 6.20 Å². The molecule has 0 atom stereocenters. The van der Waals surface area contributed by atoms with E-state index in [2.05, 4.69) is 9.97 Å². The van der Waals surface area contributed by atoms with E-state index in [9.17, 15) is 14.0 Å². The van der Waals surface area contributed by atoms with Crippen molar-refractivity contribution in [3.05, 3.63) is 58.2 Å². The summed E-state index contributed by atoms with van der Waals surface area (Å²) in [5.41, 5.74) is 0.975. The number of carbonyl (C=O) groups is 1. The van der Waals surface area contributed by atoms with Crippen LogP contribution in [0, 0.1) is 5.82 Å². The molecule has 4 rings (SSSR count). The molecule has 0 aliphatic carbocycles. The molecular weight excluding hydrogens is 349 g/mol. The van der Waals surface area contributed by atoms with Crippen LogP contribution < -0.4 is 5.69 Å². The number of amides is 1. The molecule has 0 N–H and O–H groups in total. The van der Waals surface area contributed by atoms with Crippen molar-refractivity contribution in [2.75, 3.05) is 13.1 Å². The molecule has 1 aromatic carbocycles. The maximum absolute atomic E-state index is 13.3. The van der Waals surface area contributed by atoms with Crippen molar-refractivity contribution >= 4 is 29.3 Å². The van der Waals surface area contributed by atoms with Gasteiger partial charge in [-0.05, 0) is 36.6 Å². The fourth-order valence-corrected chi connectivity index (χ4v) is 3.21. The summed E-state index contributed by atoms with van der Waals surface area (Å²) < 4.78 is 15.8. The molecule has 1 aliphatic heterocycles. The number of likely N-dealkylation sites (tertiary alicyclic amines) is 1. The first-order valence-electron chi connectivity index (χ1n) is 8.72. The van der Waals surface area contributed by atoms with Crippen LogP contribution in [0.2, 0.25) is 0 Å². The topological polar surface area (TPSA) is 73.0 Å². The summed E-state index contributed by atoms with van der Waals surface area (Å²) in [6.07, 6.45) is 6.68. The maximum Gasteiger partial charge on any atom is 0.338 e. The fraction of sp³-hybridized carbons (Fsp3) is 0.263. The van der Waals surface area contributed by atoms with Crippen LogP contribution in [0.25, 0.3) is 23.3 Å². The van der Waals surface area contributed by atoms with Crippen molar-refractivity contribution < 1.29 is 9.18 Å². The molecule has 3 heterocycles. The van der Waals surface area contributed by atoms with Gasteiger partial charge in [-0.3, -0.25) is 4.57 Å². The first-order chi connectivity index (χ1) is 13.0. The van der Waals surface area contributed by atoms with Crippen LogP contribution in [0.15, 0.2) is 35.3 Å². The molecular formula is C19H18FN5O2. The van der Waals surface area contributed by atoms with Gasteiger partial charge in [-0.25, -0.2) is 23.9 Å². The van der Waals surface area contributed by atoms with Crippen LogP contribution in [-0.2, 0) is 7.05 Å². The van der Waals surface area contributed by atoms with E-state index < -0.39 is 5.69 Å². The molecule has 0 spiro atoms. The van der Waals surface area contributed by atoms with Gasteiger partial charge in [0.2, 0.25) is 0 Å². The number of fused-ring (bicyclic) bond motifs is 1. The molecule has 138 valence electrons. The number of hydrogen-bond donors (Lipinski definition) is 0. The van der Waals surface area contributed by atoms with Crippen LogP contribution in [-0.4, -0.2) is 43.1 Å². The van der Waals surface area contributed by atoms with E-state index in [-0.39, 0.29) is 17.5 Å². The zero-order valence-corrected chi connectivity index (χ0v) is 14.8. The lowest BCUT2D eigenvalue weighted by Gasteiger charge is -2.14. The lowest BCUT2D eigenvalue weighted by atomic mass is 10.2. The Morgan fingerprint density at radius 1 is 1.22 bits per heavy atom. The largest absolute Gasteiger partial charge is 0.338 e. The van der Waals surface area contributed by atoms with Gasteiger partial charge in [0.1, 0.15) is 11.3 Å². The number of halogens is 1. The quantitative estimate of drug-likeness (QED) is 0.698. The van der Waals surface area contributed by atoms with E-state index in [0.29, 0.717) is 30.0 Å². The van der Waals surface area contributed by atoms with Crippen molar-refractivity contribution in [1.82, 2.24) is 24.0 Å². The average Bonchev–Trinajstić information content (AvgIpc) is 3.28. The number of carbonyl (C=O) groups excluding carboxylic acids is 1. The minimum atomic E-state index is -0.442. The number of imidazole rings is 1. The number of hydrogen-bond acceptors (Lipinski definition) is 4. The molecule has 0 radical (unpaired) electrons. The molecule has 1 saturated heterocycles. The second kappa shape index (κ2) is 6.79. The molecule has 2 aromatic heterocycles. The molecule has 0 saturated carbocycles. The Balaban J connectivity index is 1.76. The molecule has 1 fully saturated rings. The summed E-state index contributed by atoms with van der Waals surface area (Å²) in [4.78, 5) is 35.6. The number of aryl methyl sites for hydroxylation is 1. The Hall–Kier alpha value is -3.29. The van der Waals surface area contributed by atoms with Gasteiger partial charge in [-0.15, -0.1) is 0 Å². The van der Waals surface area contributed by atoms with Crippen LogP contribution in [0.3, 0.4) is 0 Å². The zero-order valence-electron chi connectivity index (χ0n) is 14.8. The molecule has 8 heteroatoms. The number of benzene rings is 1. The summed E-state index contributed by atoms with van der Waals surface area (Å²) in [5, 5.41) is 0. The van der Waals surface area contributed by atoms with Crippen LogP contribution >= 0.6 is 0 Å². The van der Waals surface area contributed by atoms with Gasteiger partial charge < -0.3 is 4.90 Å². The molecule has 1 amide bonds. The van der Waals surface area contributed by atoms with Gasteiger partial charge in [0, 0.05) is 20.1 Å². The summed E-state index contributed by atoms with van der Waals surface area (Å²) in [6, 6.07) is 5.77. The van der Waals surface area contributed by atoms with Crippen molar-refractivity contribution in [1.29, 1.82) is 0 Å². The van der Waals surface area contributed by atoms with E-state index in [1.54, 1.807) is 36.2 Å². The van der Waals surface area contributed by atoms with Crippen molar-refractivity contribution in [2.45, 2.75) is 12.8 Å². The number of nitrogens with zero attached hydrogens (tertiary/aromatic N) is 5. The van der Waals surface area contributed by atoms with E-state index in [0.717, 1.165) is 17.4 Å². The van der Waals surface area contributed by atoms with Gasteiger partial charge >= 0.3 is 11.7 Å². The minimum absolute atomic E-state index is 0.272. The minimum Gasteiger partial charge on any atom is -0.324 e. The van der Waals surface area contributed by atoms with E-state index in [1.807, 2.05) is 0 Å². The number of rotatable bonds is 2. The first-order valence-corrected chi connectivity index (χ1v) is 8.72. The Bertz CT molecular complexity index is 1110. The summed E-state index contributed by atoms with van der Waals surface area (Å²) in [5.74, 6) is 0.00182.